The Hall–Kier alpha value is -2.88. The molecule has 0 atom stereocenters. The van der Waals surface area contributed by atoms with Gasteiger partial charge in [0.25, 0.3) is 0 Å². The molecule has 2 aromatic carbocycles. The van der Waals surface area contributed by atoms with Crippen LogP contribution >= 0.6 is 0 Å². The Labute approximate surface area is 122 Å². The molecule has 0 spiro atoms. The number of anilines is 1. The molecule has 0 aliphatic heterocycles. The van der Waals surface area contributed by atoms with Crippen LogP contribution in [0.1, 0.15) is 5.56 Å². The molecule has 2 amide bonds. The second-order valence-electron chi connectivity index (χ2n) is 4.70. The van der Waals surface area contributed by atoms with Gasteiger partial charge < -0.3 is 10.6 Å². The third-order valence-electron chi connectivity index (χ3n) is 3.16. The van der Waals surface area contributed by atoms with Crippen LogP contribution < -0.4 is 10.6 Å². The lowest BCUT2D eigenvalue weighted by Crippen LogP contribution is -2.28. The minimum Gasteiger partial charge on any atom is -0.334 e. The number of hydrogen-bond donors (Lipinski definition) is 2. The van der Waals surface area contributed by atoms with Crippen molar-refractivity contribution in [3.8, 4) is 0 Å². The Morgan fingerprint density at radius 2 is 1.86 bits per heavy atom. The first-order valence-corrected chi connectivity index (χ1v) is 6.75. The largest absolute Gasteiger partial charge is 0.334 e. The average molecular weight is 277 g/mol. The van der Waals surface area contributed by atoms with Gasteiger partial charge in [0.05, 0.1) is 5.52 Å². The Morgan fingerprint density at radius 1 is 1.00 bits per heavy atom. The molecule has 3 rings (SSSR count). The fourth-order valence-corrected chi connectivity index (χ4v) is 2.11. The maximum atomic E-state index is 11.9. The minimum atomic E-state index is -0.220. The number of pyridine rings is 1. The van der Waals surface area contributed by atoms with E-state index in [9.17, 15) is 4.79 Å². The number of carbonyl (C=O) groups is 1. The smallest absolute Gasteiger partial charge is 0.319 e. The van der Waals surface area contributed by atoms with E-state index in [4.69, 9.17) is 0 Å². The summed E-state index contributed by atoms with van der Waals surface area (Å²) < 4.78 is 0. The fourth-order valence-electron chi connectivity index (χ4n) is 2.11. The second kappa shape index (κ2) is 6.05. The number of benzene rings is 2. The van der Waals surface area contributed by atoms with E-state index in [2.05, 4.69) is 15.6 Å². The van der Waals surface area contributed by atoms with Crippen LogP contribution in [0.15, 0.2) is 66.9 Å². The third-order valence-corrected chi connectivity index (χ3v) is 3.16. The summed E-state index contributed by atoms with van der Waals surface area (Å²) >= 11 is 0. The van der Waals surface area contributed by atoms with Gasteiger partial charge in [-0.05, 0) is 29.8 Å². The van der Waals surface area contributed by atoms with E-state index in [0.29, 0.717) is 6.54 Å². The number of hydrogen-bond acceptors (Lipinski definition) is 2. The van der Waals surface area contributed by atoms with Gasteiger partial charge in [-0.1, -0.05) is 36.4 Å². The first-order valence-electron chi connectivity index (χ1n) is 6.75. The van der Waals surface area contributed by atoms with Crippen molar-refractivity contribution in [3.63, 3.8) is 0 Å². The number of nitrogens with zero attached hydrogens (tertiary/aromatic N) is 1. The molecule has 2 N–H and O–H groups in total. The molecule has 4 nitrogen and oxygen atoms in total. The van der Waals surface area contributed by atoms with Gasteiger partial charge in [0.15, 0.2) is 0 Å². The van der Waals surface area contributed by atoms with Crippen LogP contribution in [0, 0.1) is 0 Å². The number of nitrogens with one attached hydrogen (secondary N) is 2. The van der Waals surface area contributed by atoms with Gasteiger partial charge in [-0.2, -0.15) is 0 Å². The molecule has 1 heterocycles. The van der Waals surface area contributed by atoms with Gasteiger partial charge in [-0.3, -0.25) is 4.98 Å². The number of urea groups is 1. The molecule has 0 saturated carbocycles. The van der Waals surface area contributed by atoms with E-state index in [1.165, 1.54) is 0 Å². The molecule has 4 heteroatoms. The van der Waals surface area contributed by atoms with E-state index in [0.717, 1.165) is 22.2 Å². The summed E-state index contributed by atoms with van der Waals surface area (Å²) in [7, 11) is 0. The van der Waals surface area contributed by atoms with Crippen LogP contribution in [-0.4, -0.2) is 11.0 Å². The molecule has 0 unspecified atom stereocenters. The van der Waals surface area contributed by atoms with Gasteiger partial charge in [-0.25, -0.2) is 4.79 Å². The van der Waals surface area contributed by atoms with E-state index >= 15 is 0 Å². The summed E-state index contributed by atoms with van der Waals surface area (Å²) in [6, 6.07) is 19.1. The number of rotatable bonds is 3. The molecule has 1 aromatic heterocycles. The summed E-state index contributed by atoms with van der Waals surface area (Å²) in [6.45, 7) is 0.502. The maximum absolute atomic E-state index is 11.9. The molecule has 104 valence electrons. The zero-order valence-corrected chi connectivity index (χ0v) is 11.4. The average Bonchev–Trinajstić information content (AvgIpc) is 2.54. The summed E-state index contributed by atoms with van der Waals surface area (Å²) in [5.74, 6) is 0. The van der Waals surface area contributed by atoms with Gasteiger partial charge in [0.2, 0.25) is 0 Å². The van der Waals surface area contributed by atoms with Crippen LogP contribution in [0.2, 0.25) is 0 Å². The molecular formula is C17H15N3O. The van der Waals surface area contributed by atoms with E-state index < -0.39 is 0 Å². The summed E-state index contributed by atoms with van der Waals surface area (Å²) in [6.07, 6.45) is 1.75. The van der Waals surface area contributed by atoms with Crippen molar-refractivity contribution in [2.75, 3.05) is 5.32 Å². The van der Waals surface area contributed by atoms with Crippen LogP contribution in [0.5, 0.6) is 0 Å². The van der Waals surface area contributed by atoms with Crippen molar-refractivity contribution in [1.82, 2.24) is 10.3 Å². The van der Waals surface area contributed by atoms with Crippen molar-refractivity contribution in [2.24, 2.45) is 0 Å². The molecule has 0 aliphatic carbocycles. The fraction of sp³-hybridized carbons (Fsp3) is 0.0588. The number of carbonyl (C=O) groups excluding carboxylic acids is 1. The van der Waals surface area contributed by atoms with Crippen molar-refractivity contribution in [3.05, 3.63) is 72.4 Å². The second-order valence-corrected chi connectivity index (χ2v) is 4.70. The third kappa shape index (κ3) is 3.36. The van der Waals surface area contributed by atoms with Crippen molar-refractivity contribution >= 4 is 22.6 Å². The van der Waals surface area contributed by atoms with Crippen molar-refractivity contribution < 1.29 is 4.79 Å². The van der Waals surface area contributed by atoms with Gasteiger partial charge in [0, 0.05) is 23.8 Å². The monoisotopic (exact) mass is 277 g/mol. The van der Waals surface area contributed by atoms with Crippen LogP contribution in [0.4, 0.5) is 10.5 Å². The molecule has 21 heavy (non-hydrogen) atoms. The highest BCUT2D eigenvalue weighted by Gasteiger charge is 2.02. The predicted octanol–water partition coefficient (Wildman–Crippen LogP) is 3.56. The first kappa shape index (κ1) is 13.1. The molecular weight excluding hydrogens is 262 g/mol. The summed E-state index contributed by atoms with van der Waals surface area (Å²) in [5, 5.41) is 6.65. The number of fused-ring (bicyclic) bond motifs is 1. The zero-order chi connectivity index (χ0) is 14.5. The molecule has 0 aliphatic rings. The van der Waals surface area contributed by atoms with Crippen molar-refractivity contribution in [1.29, 1.82) is 0 Å². The maximum Gasteiger partial charge on any atom is 0.319 e. The lowest BCUT2D eigenvalue weighted by atomic mass is 10.2. The van der Waals surface area contributed by atoms with Gasteiger partial charge >= 0.3 is 6.03 Å². The SMILES string of the molecule is O=C(NCc1ccccc1)Nc1ccc2ncccc2c1. The topological polar surface area (TPSA) is 54.0 Å². The van der Waals surface area contributed by atoms with E-state index in [-0.39, 0.29) is 6.03 Å². The van der Waals surface area contributed by atoms with E-state index in [1.807, 2.05) is 60.7 Å². The molecule has 0 radical (unpaired) electrons. The Morgan fingerprint density at radius 3 is 2.71 bits per heavy atom. The zero-order valence-electron chi connectivity index (χ0n) is 11.4. The number of amides is 2. The predicted molar refractivity (Wildman–Crippen MR) is 84.0 cm³/mol. The van der Waals surface area contributed by atoms with Crippen molar-refractivity contribution in [2.45, 2.75) is 6.54 Å². The minimum absolute atomic E-state index is 0.220. The quantitative estimate of drug-likeness (QED) is 0.769. The summed E-state index contributed by atoms with van der Waals surface area (Å²) in [5.41, 5.74) is 2.73. The van der Waals surface area contributed by atoms with E-state index in [1.54, 1.807) is 6.20 Å². The van der Waals surface area contributed by atoms with Crippen LogP contribution in [-0.2, 0) is 6.54 Å². The standard InChI is InChI=1S/C17H15N3O/c21-17(19-12-13-5-2-1-3-6-13)20-15-8-9-16-14(11-15)7-4-10-18-16/h1-11H,12H2,(H2,19,20,21). The molecule has 0 bridgehead atoms. The van der Waals surface area contributed by atoms with Crippen LogP contribution in [0.3, 0.4) is 0 Å². The Balaban J connectivity index is 1.63. The van der Waals surface area contributed by atoms with Crippen LogP contribution in [0.25, 0.3) is 10.9 Å². The lowest BCUT2D eigenvalue weighted by Gasteiger charge is -2.08. The Bertz CT molecular complexity index is 756. The Kier molecular flexibility index (Phi) is 3.78. The highest BCUT2D eigenvalue weighted by atomic mass is 16.2. The highest BCUT2D eigenvalue weighted by Crippen LogP contribution is 2.16. The number of aromatic nitrogens is 1. The normalized spacial score (nSPS) is 10.3. The molecule has 3 aromatic rings. The molecule has 0 saturated heterocycles. The van der Waals surface area contributed by atoms with Gasteiger partial charge in [0.1, 0.15) is 0 Å². The first-order chi connectivity index (χ1) is 10.3. The molecule has 0 fully saturated rings. The highest BCUT2D eigenvalue weighted by molar-refractivity contribution is 5.92. The summed E-state index contributed by atoms with van der Waals surface area (Å²) in [4.78, 5) is 16.1. The van der Waals surface area contributed by atoms with Gasteiger partial charge in [-0.15, -0.1) is 0 Å². The lowest BCUT2D eigenvalue weighted by molar-refractivity contribution is 0.251.